The third-order valence-electron chi connectivity index (χ3n) is 7.62. The first kappa shape index (κ1) is 27.9. The zero-order valence-corrected chi connectivity index (χ0v) is 23.6. The summed E-state index contributed by atoms with van der Waals surface area (Å²) in [7, 11) is 6.35. The Bertz CT molecular complexity index is 1470. The van der Waals surface area contributed by atoms with Gasteiger partial charge in [-0.05, 0) is 34.0 Å². The standard InChI is InChI=1S/C30H34N6O5/c1-31-29(39)33(4)35-19-27(37)36-25(16-20-12-14-23(15-13-20)41-30(40)32(2)3)28(38)34(18-26(35)36)17-22-10-7-9-21-8-5-6-11-24(21)22/h5-15,25-26H,16-19H2,1-4H3,(H,31,39)/t25-,26+/m0/s1. The monoisotopic (exact) mass is 558 g/mol. The maximum absolute atomic E-state index is 14.1. The fourth-order valence-corrected chi connectivity index (χ4v) is 5.47. The van der Waals surface area contributed by atoms with Crippen molar-refractivity contribution < 1.29 is 23.9 Å². The summed E-state index contributed by atoms with van der Waals surface area (Å²) in [6.45, 7) is 0.608. The van der Waals surface area contributed by atoms with E-state index in [0.717, 1.165) is 21.9 Å². The minimum atomic E-state index is -0.769. The molecular formula is C30H34N6O5. The first-order valence-electron chi connectivity index (χ1n) is 13.4. The van der Waals surface area contributed by atoms with E-state index in [1.807, 2.05) is 42.5 Å². The Balaban J connectivity index is 1.45. The van der Waals surface area contributed by atoms with Crippen molar-refractivity contribution in [3.63, 3.8) is 0 Å². The van der Waals surface area contributed by atoms with Crippen LogP contribution in [0.25, 0.3) is 10.8 Å². The number of nitrogens with one attached hydrogen (secondary N) is 1. The van der Waals surface area contributed by atoms with Crippen LogP contribution in [-0.4, -0.2) is 102 Å². The van der Waals surface area contributed by atoms with Crippen molar-refractivity contribution in [1.82, 2.24) is 30.0 Å². The van der Waals surface area contributed by atoms with Gasteiger partial charge in [0.2, 0.25) is 11.8 Å². The quantitative estimate of drug-likeness (QED) is 0.499. The molecule has 2 aliphatic rings. The molecule has 0 saturated carbocycles. The van der Waals surface area contributed by atoms with E-state index in [1.165, 1.54) is 17.0 Å². The molecule has 2 aliphatic heterocycles. The molecule has 3 aromatic carbocycles. The minimum Gasteiger partial charge on any atom is -0.410 e. The van der Waals surface area contributed by atoms with Gasteiger partial charge in [-0.25, -0.2) is 9.59 Å². The Hall–Kier alpha value is -4.64. The van der Waals surface area contributed by atoms with Gasteiger partial charge in [0.05, 0.1) is 13.1 Å². The summed E-state index contributed by atoms with van der Waals surface area (Å²) in [5.74, 6) is 0.00838. The van der Waals surface area contributed by atoms with Gasteiger partial charge in [-0.1, -0.05) is 54.6 Å². The highest BCUT2D eigenvalue weighted by atomic mass is 16.6. The molecule has 41 heavy (non-hydrogen) atoms. The van der Waals surface area contributed by atoms with E-state index in [4.69, 9.17) is 4.74 Å². The molecule has 2 saturated heterocycles. The van der Waals surface area contributed by atoms with Gasteiger partial charge in [0.1, 0.15) is 18.0 Å². The van der Waals surface area contributed by atoms with Gasteiger partial charge in [0.15, 0.2) is 0 Å². The van der Waals surface area contributed by atoms with E-state index in [-0.39, 0.29) is 37.4 Å². The number of carbonyl (C=O) groups is 4. The van der Waals surface area contributed by atoms with Gasteiger partial charge in [-0.2, -0.15) is 5.01 Å². The molecule has 214 valence electrons. The van der Waals surface area contributed by atoms with Crippen LogP contribution in [0, 0.1) is 0 Å². The Kier molecular flexibility index (Phi) is 7.80. The largest absolute Gasteiger partial charge is 0.414 e. The van der Waals surface area contributed by atoms with E-state index in [2.05, 4.69) is 5.32 Å². The third-order valence-corrected chi connectivity index (χ3v) is 7.62. The highest BCUT2D eigenvalue weighted by Gasteiger charge is 2.51. The lowest BCUT2D eigenvalue weighted by atomic mass is 9.99. The van der Waals surface area contributed by atoms with Crippen LogP contribution in [0.3, 0.4) is 0 Å². The zero-order chi connectivity index (χ0) is 29.3. The van der Waals surface area contributed by atoms with Crippen LogP contribution in [0.15, 0.2) is 66.7 Å². The first-order chi connectivity index (χ1) is 19.7. The van der Waals surface area contributed by atoms with Gasteiger partial charge in [-0.15, -0.1) is 0 Å². The lowest BCUT2D eigenvalue weighted by Gasteiger charge is -2.45. The fourth-order valence-electron chi connectivity index (χ4n) is 5.47. The van der Waals surface area contributed by atoms with E-state index in [0.29, 0.717) is 12.3 Å². The van der Waals surface area contributed by atoms with Crippen molar-refractivity contribution in [2.45, 2.75) is 25.2 Å². The number of benzene rings is 3. The van der Waals surface area contributed by atoms with Crippen LogP contribution in [0.5, 0.6) is 5.75 Å². The molecule has 0 radical (unpaired) electrons. The highest BCUT2D eigenvalue weighted by Crippen LogP contribution is 2.31. The van der Waals surface area contributed by atoms with Gasteiger partial charge in [0.25, 0.3) is 0 Å². The maximum Gasteiger partial charge on any atom is 0.414 e. The van der Waals surface area contributed by atoms with Crippen LogP contribution in [0.4, 0.5) is 9.59 Å². The smallest absolute Gasteiger partial charge is 0.410 e. The summed E-state index contributed by atoms with van der Waals surface area (Å²) in [6.07, 6.45) is -0.732. The summed E-state index contributed by atoms with van der Waals surface area (Å²) in [4.78, 5) is 56.6. The van der Waals surface area contributed by atoms with Crippen molar-refractivity contribution >= 4 is 34.7 Å². The number of hydrogen-bond donors (Lipinski definition) is 1. The fraction of sp³-hybridized carbons (Fsp3) is 0.333. The SMILES string of the molecule is CNC(=O)N(C)N1CC(=O)N2[C@@H](Cc3ccc(OC(=O)N(C)C)cc3)C(=O)N(Cc3cccc4ccccc34)C[C@@H]21. The average molecular weight is 559 g/mol. The van der Waals surface area contributed by atoms with E-state index >= 15 is 0 Å². The van der Waals surface area contributed by atoms with Gasteiger partial charge >= 0.3 is 12.1 Å². The molecule has 0 unspecified atom stereocenters. The number of fused-ring (bicyclic) bond motifs is 2. The van der Waals surface area contributed by atoms with Gasteiger partial charge in [0, 0.05) is 41.2 Å². The van der Waals surface area contributed by atoms with Crippen molar-refractivity contribution in [1.29, 1.82) is 0 Å². The molecule has 2 atom stereocenters. The predicted molar refractivity (Wildman–Crippen MR) is 153 cm³/mol. The highest BCUT2D eigenvalue weighted by molar-refractivity contribution is 5.92. The number of amides is 5. The van der Waals surface area contributed by atoms with Gasteiger partial charge < -0.3 is 24.8 Å². The van der Waals surface area contributed by atoms with E-state index in [9.17, 15) is 19.2 Å². The summed E-state index contributed by atoms with van der Waals surface area (Å²) >= 11 is 0. The molecule has 2 fully saturated rings. The molecule has 11 heteroatoms. The second-order valence-electron chi connectivity index (χ2n) is 10.4. The molecule has 11 nitrogen and oxygen atoms in total. The van der Waals surface area contributed by atoms with E-state index < -0.39 is 18.3 Å². The Morgan fingerprint density at radius 2 is 1.68 bits per heavy atom. The van der Waals surface area contributed by atoms with Crippen molar-refractivity contribution in [2.75, 3.05) is 41.3 Å². The number of piperazine rings is 1. The Morgan fingerprint density at radius 3 is 2.39 bits per heavy atom. The molecular weight excluding hydrogens is 524 g/mol. The first-order valence-corrected chi connectivity index (χ1v) is 13.4. The molecule has 0 bridgehead atoms. The van der Waals surface area contributed by atoms with Crippen LogP contribution >= 0.6 is 0 Å². The number of rotatable bonds is 6. The van der Waals surface area contributed by atoms with Crippen LogP contribution < -0.4 is 10.1 Å². The summed E-state index contributed by atoms with van der Waals surface area (Å²) in [6, 6.07) is 19.9. The average Bonchev–Trinajstić information content (AvgIpc) is 3.30. The molecule has 5 amide bonds. The lowest BCUT2D eigenvalue weighted by Crippen LogP contribution is -2.65. The van der Waals surface area contributed by atoms with Crippen molar-refractivity contribution in [3.8, 4) is 5.75 Å². The summed E-state index contributed by atoms with van der Waals surface area (Å²) < 4.78 is 5.32. The van der Waals surface area contributed by atoms with Crippen LogP contribution in [-0.2, 0) is 22.6 Å². The second kappa shape index (κ2) is 11.5. The molecule has 0 aromatic heterocycles. The maximum atomic E-state index is 14.1. The molecule has 5 rings (SSSR count). The second-order valence-corrected chi connectivity index (χ2v) is 10.4. The molecule has 1 N–H and O–H groups in total. The molecule has 0 spiro atoms. The normalized spacial score (nSPS) is 18.8. The summed E-state index contributed by atoms with van der Waals surface area (Å²) in [5.41, 5.74) is 1.82. The number of carbonyl (C=O) groups excluding carboxylic acids is 4. The summed E-state index contributed by atoms with van der Waals surface area (Å²) in [5, 5.41) is 7.86. The Morgan fingerprint density at radius 1 is 0.976 bits per heavy atom. The lowest BCUT2D eigenvalue weighted by molar-refractivity contribution is -0.157. The van der Waals surface area contributed by atoms with Crippen molar-refractivity contribution in [3.05, 3.63) is 77.9 Å². The number of ether oxygens (including phenoxy) is 1. The number of nitrogens with zero attached hydrogens (tertiary/aromatic N) is 5. The third kappa shape index (κ3) is 5.53. The topological polar surface area (TPSA) is 106 Å². The van der Waals surface area contributed by atoms with Crippen molar-refractivity contribution in [2.24, 2.45) is 0 Å². The van der Waals surface area contributed by atoms with Crippen LogP contribution in [0.1, 0.15) is 11.1 Å². The minimum absolute atomic E-state index is 0.0140. The van der Waals surface area contributed by atoms with Crippen LogP contribution in [0.2, 0.25) is 0 Å². The number of hydrazine groups is 1. The molecule has 0 aliphatic carbocycles. The predicted octanol–water partition coefficient (Wildman–Crippen LogP) is 2.51. The molecule has 3 aromatic rings. The Labute approximate surface area is 238 Å². The van der Waals surface area contributed by atoms with E-state index in [1.54, 1.807) is 60.2 Å². The number of urea groups is 1. The zero-order valence-electron chi connectivity index (χ0n) is 23.6. The van der Waals surface area contributed by atoms with Gasteiger partial charge in [-0.3, -0.25) is 14.6 Å². The molecule has 2 heterocycles. The number of hydrogen-bond acceptors (Lipinski definition) is 6.